The Bertz CT molecular complexity index is 358. The van der Waals surface area contributed by atoms with Gasteiger partial charge < -0.3 is 10.1 Å². The molecule has 0 bridgehead atoms. The van der Waals surface area contributed by atoms with Gasteiger partial charge in [0.15, 0.2) is 0 Å². The Kier molecular flexibility index (Phi) is 8.26. The molecule has 1 heterocycles. The zero-order valence-corrected chi connectivity index (χ0v) is 13.7. The van der Waals surface area contributed by atoms with Crippen LogP contribution in [0, 0.1) is 11.8 Å². The molecule has 0 radical (unpaired) electrons. The number of nitrogens with zero attached hydrogens (tertiary/aromatic N) is 1. The molecule has 0 saturated heterocycles. The molecule has 4 heteroatoms. The lowest BCUT2D eigenvalue weighted by Crippen LogP contribution is -2.28. The van der Waals surface area contributed by atoms with Gasteiger partial charge in [0.05, 0.1) is 6.61 Å². The fourth-order valence-electron chi connectivity index (χ4n) is 2.29. The summed E-state index contributed by atoms with van der Waals surface area (Å²) in [6.07, 6.45) is 6.10. The summed E-state index contributed by atoms with van der Waals surface area (Å²) in [5.74, 6) is 1.36. The van der Waals surface area contributed by atoms with Gasteiger partial charge >= 0.3 is 0 Å². The van der Waals surface area contributed by atoms with E-state index in [0.29, 0.717) is 11.8 Å². The number of hydrogen-bond donors (Lipinski definition) is 1. The van der Waals surface area contributed by atoms with Crippen LogP contribution in [-0.4, -0.2) is 31.8 Å². The van der Waals surface area contributed by atoms with Crippen molar-refractivity contribution in [3.63, 3.8) is 0 Å². The predicted octanol–water partition coefficient (Wildman–Crippen LogP) is 3.28. The maximum Gasteiger partial charge on any atom is 0.0587 e. The van der Waals surface area contributed by atoms with Gasteiger partial charge in [0, 0.05) is 30.5 Å². The normalized spacial score (nSPS) is 12.9. The van der Waals surface area contributed by atoms with Gasteiger partial charge in [0.2, 0.25) is 0 Å². The largest absolute Gasteiger partial charge is 0.383 e. The van der Waals surface area contributed by atoms with E-state index >= 15 is 0 Å². The third-order valence-corrected chi connectivity index (χ3v) is 3.44. The Hall–Kier alpha value is -0.450. The summed E-state index contributed by atoms with van der Waals surface area (Å²) in [6, 6.07) is 2.16. The van der Waals surface area contributed by atoms with E-state index < -0.39 is 0 Å². The summed E-state index contributed by atoms with van der Waals surface area (Å²) >= 11 is 3.48. The van der Waals surface area contributed by atoms with Crippen molar-refractivity contribution < 1.29 is 4.74 Å². The molecule has 1 atom stereocenters. The van der Waals surface area contributed by atoms with Crippen molar-refractivity contribution in [3.05, 3.63) is 28.5 Å². The standard InChI is InChI=1S/C15H25BrN2O/c1-12(2)6-13(9-17-4-5-19-3)7-14-8-15(16)11-18-10-14/h8,10-13,17H,4-7,9H2,1-3H3. The SMILES string of the molecule is COCCNCC(Cc1cncc(Br)c1)CC(C)C. The predicted molar refractivity (Wildman–Crippen MR) is 83.3 cm³/mol. The lowest BCUT2D eigenvalue weighted by molar-refractivity contribution is 0.197. The minimum Gasteiger partial charge on any atom is -0.383 e. The first-order chi connectivity index (χ1) is 9.11. The van der Waals surface area contributed by atoms with Gasteiger partial charge in [-0.3, -0.25) is 4.98 Å². The van der Waals surface area contributed by atoms with Crippen molar-refractivity contribution in [1.82, 2.24) is 10.3 Å². The molecule has 1 aromatic heterocycles. The molecular formula is C15H25BrN2O. The Morgan fingerprint density at radius 1 is 1.37 bits per heavy atom. The van der Waals surface area contributed by atoms with E-state index in [1.165, 1.54) is 12.0 Å². The van der Waals surface area contributed by atoms with Crippen LogP contribution in [0.15, 0.2) is 22.9 Å². The van der Waals surface area contributed by atoms with Gasteiger partial charge in [-0.15, -0.1) is 0 Å². The van der Waals surface area contributed by atoms with Crippen LogP contribution in [-0.2, 0) is 11.2 Å². The molecule has 1 N–H and O–H groups in total. The second-order valence-electron chi connectivity index (χ2n) is 5.41. The topological polar surface area (TPSA) is 34.1 Å². The first-order valence-corrected chi connectivity index (χ1v) is 7.70. The van der Waals surface area contributed by atoms with Crippen molar-refractivity contribution >= 4 is 15.9 Å². The Balaban J connectivity index is 2.48. The van der Waals surface area contributed by atoms with Crippen molar-refractivity contribution in [2.75, 3.05) is 26.8 Å². The average molecular weight is 329 g/mol. The van der Waals surface area contributed by atoms with E-state index in [0.717, 1.165) is 30.6 Å². The lowest BCUT2D eigenvalue weighted by Gasteiger charge is -2.19. The zero-order chi connectivity index (χ0) is 14.1. The molecule has 1 aromatic rings. The molecule has 0 amide bonds. The highest BCUT2D eigenvalue weighted by atomic mass is 79.9. The quantitative estimate of drug-likeness (QED) is 0.706. The van der Waals surface area contributed by atoms with E-state index in [1.54, 1.807) is 7.11 Å². The summed E-state index contributed by atoms with van der Waals surface area (Å²) in [5, 5.41) is 3.47. The molecule has 0 fully saturated rings. The van der Waals surface area contributed by atoms with Crippen LogP contribution in [0.1, 0.15) is 25.8 Å². The molecule has 1 unspecified atom stereocenters. The van der Waals surface area contributed by atoms with Crippen LogP contribution in [0.4, 0.5) is 0 Å². The minimum absolute atomic E-state index is 0.646. The summed E-state index contributed by atoms with van der Waals surface area (Å²) in [7, 11) is 1.74. The molecule has 0 aromatic carbocycles. The van der Waals surface area contributed by atoms with Crippen molar-refractivity contribution in [1.29, 1.82) is 0 Å². The number of methoxy groups -OCH3 is 1. The Morgan fingerprint density at radius 3 is 2.79 bits per heavy atom. The fraction of sp³-hybridized carbons (Fsp3) is 0.667. The van der Waals surface area contributed by atoms with Gasteiger partial charge in [0.1, 0.15) is 0 Å². The third kappa shape index (κ3) is 7.65. The average Bonchev–Trinajstić information content (AvgIpc) is 2.34. The minimum atomic E-state index is 0.646. The van der Waals surface area contributed by atoms with Crippen LogP contribution >= 0.6 is 15.9 Å². The summed E-state index contributed by atoms with van der Waals surface area (Å²) in [6.45, 7) is 7.28. The Labute approximate surface area is 125 Å². The van der Waals surface area contributed by atoms with E-state index in [2.05, 4.69) is 46.1 Å². The van der Waals surface area contributed by atoms with Gasteiger partial charge in [0.25, 0.3) is 0 Å². The van der Waals surface area contributed by atoms with Gasteiger partial charge in [-0.1, -0.05) is 13.8 Å². The molecule has 19 heavy (non-hydrogen) atoms. The van der Waals surface area contributed by atoms with Crippen LogP contribution in [0.5, 0.6) is 0 Å². The lowest BCUT2D eigenvalue weighted by atomic mass is 9.91. The number of pyridine rings is 1. The molecule has 0 spiro atoms. The van der Waals surface area contributed by atoms with Gasteiger partial charge in [-0.05, 0) is 58.8 Å². The van der Waals surface area contributed by atoms with E-state index in [9.17, 15) is 0 Å². The molecule has 0 aliphatic rings. The van der Waals surface area contributed by atoms with Crippen LogP contribution in [0.2, 0.25) is 0 Å². The molecule has 0 saturated carbocycles. The number of hydrogen-bond acceptors (Lipinski definition) is 3. The van der Waals surface area contributed by atoms with Crippen LogP contribution in [0.25, 0.3) is 0 Å². The monoisotopic (exact) mass is 328 g/mol. The van der Waals surface area contributed by atoms with Crippen LogP contribution < -0.4 is 5.32 Å². The Morgan fingerprint density at radius 2 is 2.16 bits per heavy atom. The van der Waals surface area contributed by atoms with Gasteiger partial charge in [-0.25, -0.2) is 0 Å². The smallest absolute Gasteiger partial charge is 0.0587 e. The summed E-state index contributed by atoms with van der Waals surface area (Å²) < 4.78 is 6.12. The highest BCUT2D eigenvalue weighted by Gasteiger charge is 2.12. The molecule has 1 rings (SSSR count). The molecular weight excluding hydrogens is 304 g/mol. The fourth-order valence-corrected chi connectivity index (χ4v) is 2.70. The van der Waals surface area contributed by atoms with Crippen molar-refractivity contribution in [2.24, 2.45) is 11.8 Å². The summed E-state index contributed by atoms with van der Waals surface area (Å²) in [4.78, 5) is 4.24. The van der Waals surface area contributed by atoms with E-state index in [4.69, 9.17) is 4.74 Å². The first kappa shape index (κ1) is 16.6. The zero-order valence-electron chi connectivity index (χ0n) is 12.2. The molecule has 0 aliphatic heterocycles. The molecule has 0 aliphatic carbocycles. The van der Waals surface area contributed by atoms with Gasteiger partial charge in [-0.2, -0.15) is 0 Å². The number of rotatable bonds is 9. The maximum atomic E-state index is 5.06. The highest BCUT2D eigenvalue weighted by molar-refractivity contribution is 9.10. The maximum absolute atomic E-state index is 5.06. The second kappa shape index (κ2) is 9.45. The number of halogens is 1. The second-order valence-corrected chi connectivity index (χ2v) is 6.32. The van der Waals surface area contributed by atoms with E-state index in [-0.39, 0.29) is 0 Å². The van der Waals surface area contributed by atoms with Crippen molar-refractivity contribution in [3.8, 4) is 0 Å². The molecule has 3 nitrogen and oxygen atoms in total. The summed E-state index contributed by atoms with van der Waals surface area (Å²) in [5.41, 5.74) is 1.30. The first-order valence-electron chi connectivity index (χ1n) is 6.91. The van der Waals surface area contributed by atoms with E-state index in [1.807, 2.05) is 12.4 Å². The van der Waals surface area contributed by atoms with Crippen LogP contribution in [0.3, 0.4) is 0 Å². The third-order valence-electron chi connectivity index (χ3n) is 3.01. The number of ether oxygens (including phenoxy) is 1. The highest BCUT2D eigenvalue weighted by Crippen LogP contribution is 2.18. The molecule has 108 valence electrons. The number of aromatic nitrogens is 1. The number of nitrogens with one attached hydrogen (secondary N) is 1. The van der Waals surface area contributed by atoms with Crippen molar-refractivity contribution in [2.45, 2.75) is 26.7 Å².